The monoisotopic (exact) mass is 372 g/mol. The van der Waals surface area contributed by atoms with Crippen LogP contribution in [0.25, 0.3) is 0 Å². The van der Waals surface area contributed by atoms with Crippen LogP contribution in [-0.2, 0) is 10.0 Å². The minimum absolute atomic E-state index is 0.00413. The number of hydrogen-bond donors (Lipinski definition) is 1. The third-order valence-electron chi connectivity index (χ3n) is 4.78. The Labute approximate surface area is 155 Å². The lowest BCUT2D eigenvalue weighted by Gasteiger charge is -2.28. The lowest BCUT2D eigenvalue weighted by molar-refractivity contribution is 0.101. The Balaban J connectivity index is 1.79. The highest BCUT2D eigenvalue weighted by Crippen LogP contribution is 2.25. The molecule has 1 atom stereocenters. The molecule has 1 aliphatic heterocycles. The first-order valence-electron chi connectivity index (χ1n) is 8.87. The number of sulfonamides is 1. The van der Waals surface area contributed by atoms with Gasteiger partial charge in [-0.3, -0.25) is 9.69 Å². The van der Waals surface area contributed by atoms with Gasteiger partial charge in [0.15, 0.2) is 5.78 Å². The van der Waals surface area contributed by atoms with E-state index in [4.69, 9.17) is 0 Å². The number of rotatable bonds is 7. The summed E-state index contributed by atoms with van der Waals surface area (Å²) < 4.78 is 28.2. The van der Waals surface area contributed by atoms with Gasteiger partial charge in [0.1, 0.15) is 0 Å². The normalized spacial score (nSPS) is 16.5. The molecule has 5 nitrogen and oxygen atoms in total. The molecule has 0 aromatic heterocycles. The molecule has 2 aromatic rings. The van der Waals surface area contributed by atoms with E-state index in [0.717, 1.165) is 31.5 Å². The number of likely N-dealkylation sites (tertiary alicyclic amines) is 1. The second-order valence-corrected chi connectivity index (χ2v) is 8.37. The van der Waals surface area contributed by atoms with Crippen LogP contribution in [0.15, 0.2) is 59.5 Å². The minimum atomic E-state index is -3.68. The molecule has 0 aliphatic carbocycles. The maximum atomic E-state index is 12.7. The van der Waals surface area contributed by atoms with Gasteiger partial charge in [-0.05, 0) is 50.6 Å². The second-order valence-electron chi connectivity index (χ2n) is 6.61. The van der Waals surface area contributed by atoms with Crippen molar-refractivity contribution >= 4 is 15.8 Å². The summed E-state index contributed by atoms with van der Waals surface area (Å²) in [5.41, 5.74) is 1.50. The topological polar surface area (TPSA) is 66.5 Å². The van der Waals surface area contributed by atoms with Crippen molar-refractivity contribution in [2.24, 2.45) is 0 Å². The molecule has 138 valence electrons. The van der Waals surface area contributed by atoms with Crippen LogP contribution >= 0.6 is 0 Å². The van der Waals surface area contributed by atoms with Crippen molar-refractivity contribution < 1.29 is 13.2 Å². The fourth-order valence-corrected chi connectivity index (χ4v) is 4.42. The van der Waals surface area contributed by atoms with E-state index >= 15 is 0 Å². The fourth-order valence-electron chi connectivity index (χ4n) is 3.34. The fraction of sp³-hybridized carbons (Fsp3) is 0.350. The van der Waals surface area contributed by atoms with E-state index in [-0.39, 0.29) is 16.7 Å². The number of nitrogens with one attached hydrogen (secondary N) is 1. The van der Waals surface area contributed by atoms with Crippen molar-refractivity contribution in [2.45, 2.75) is 30.7 Å². The van der Waals surface area contributed by atoms with Crippen molar-refractivity contribution in [1.82, 2.24) is 9.62 Å². The summed E-state index contributed by atoms with van der Waals surface area (Å²) in [4.78, 5) is 14.0. The Kier molecular flexibility index (Phi) is 5.86. The SMILES string of the molecule is CC(=O)c1cccc(S(=O)(=O)NCC(c2ccccc2)N2CCCC2)c1. The molecule has 0 amide bonds. The molecule has 0 radical (unpaired) electrons. The summed E-state index contributed by atoms with van der Waals surface area (Å²) in [5, 5.41) is 0. The molecular weight excluding hydrogens is 348 g/mol. The molecule has 1 saturated heterocycles. The van der Waals surface area contributed by atoms with Crippen molar-refractivity contribution in [3.63, 3.8) is 0 Å². The number of ketones is 1. The van der Waals surface area contributed by atoms with Crippen LogP contribution in [0.1, 0.15) is 41.7 Å². The standard InChI is InChI=1S/C20H24N2O3S/c1-16(23)18-10-7-11-19(14-18)26(24,25)21-15-20(22-12-5-6-13-22)17-8-3-2-4-9-17/h2-4,7-11,14,20-21H,5-6,12-13,15H2,1H3. The van der Waals surface area contributed by atoms with E-state index in [2.05, 4.69) is 9.62 Å². The highest BCUT2D eigenvalue weighted by atomic mass is 32.2. The Hall–Kier alpha value is -2.02. The van der Waals surface area contributed by atoms with E-state index in [1.165, 1.54) is 19.1 Å². The highest BCUT2D eigenvalue weighted by molar-refractivity contribution is 7.89. The Morgan fingerprint density at radius 1 is 1.08 bits per heavy atom. The van der Waals surface area contributed by atoms with Gasteiger partial charge in [0, 0.05) is 18.2 Å². The maximum absolute atomic E-state index is 12.7. The molecule has 2 aromatic carbocycles. The van der Waals surface area contributed by atoms with Gasteiger partial charge in [-0.25, -0.2) is 13.1 Å². The van der Waals surface area contributed by atoms with Gasteiger partial charge in [0.05, 0.1) is 4.90 Å². The third-order valence-corrected chi connectivity index (χ3v) is 6.20. The summed E-state index contributed by atoms with van der Waals surface area (Å²) in [6.07, 6.45) is 2.27. The van der Waals surface area contributed by atoms with E-state index in [1.54, 1.807) is 12.1 Å². The van der Waals surface area contributed by atoms with Crippen molar-refractivity contribution in [2.75, 3.05) is 19.6 Å². The van der Waals surface area contributed by atoms with Crippen LogP contribution < -0.4 is 4.72 Å². The number of benzene rings is 2. The molecule has 0 bridgehead atoms. The molecule has 0 spiro atoms. The molecular formula is C20H24N2O3S. The number of carbonyl (C=O) groups is 1. The van der Waals surface area contributed by atoms with Crippen molar-refractivity contribution in [1.29, 1.82) is 0 Å². The Morgan fingerprint density at radius 3 is 2.42 bits per heavy atom. The van der Waals surface area contributed by atoms with Gasteiger partial charge in [-0.2, -0.15) is 0 Å². The van der Waals surface area contributed by atoms with Gasteiger partial charge < -0.3 is 0 Å². The van der Waals surface area contributed by atoms with Crippen LogP contribution in [-0.4, -0.2) is 38.7 Å². The molecule has 1 N–H and O–H groups in total. The molecule has 1 fully saturated rings. The number of nitrogens with zero attached hydrogens (tertiary/aromatic N) is 1. The van der Waals surface area contributed by atoms with Crippen LogP contribution in [0.2, 0.25) is 0 Å². The highest BCUT2D eigenvalue weighted by Gasteiger charge is 2.25. The van der Waals surface area contributed by atoms with Gasteiger partial charge >= 0.3 is 0 Å². The molecule has 6 heteroatoms. The largest absolute Gasteiger partial charge is 0.295 e. The summed E-state index contributed by atoms with van der Waals surface area (Å²) >= 11 is 0. The average Bonchev–Trinajstić information content (AvgIpc) is 3.17. The first kappa shape index (κ1) is 18.8. The van der Waals surface area contributed by atoms with Crippen molar-refractivity contribution in [3.05, 3.63) is 65.7 Å². The van der Waals surface area contributed by atoms with E-state index in [9.17, 15) is 13.2 Å². The van der Waals surface area contributed by atoms with E-state index < -0.39 is 10.0 Å². The number of hydrogen-bond acceptors (Lipinski definition) is 4. The summed E-state index contributed by atoms with van der Waals surface area (Å²) in [7, 11) is -3.68. The third kappa shape index (κ3) is 4.38. The molecule has 1 heterocycles. The van der Waals surface area contributed by atoms with Gasteiger partial charge in [-0.1, -0.05) is 42.5 Å². The number of carbonyl (C=O) groups excluding carboxylic acids is 1. The van der Waals surface area contributed by atoms with Gasteiger partial charge in [0.2, 0.25) is 10.0 Å². The average molecular weight is 372 g/mol. The summed E-state index contributed by atoms with van der Waals surface area (Å²) in [6.45, 7) is 3.68. The van der Waals surface area contributed by atoms with E-state index in [1.807, 2.05) is 30.3 Å². The minimum Gasteiger partial charge on any atom is -0.295 e. The molecule has 26 heavy (non-hydrogen) atoms. The first-order valence-corrected chi connectivity index (χ1v) is 10.4. The zero-order valence-corrected chi connectivity index (χ0v) is 15.7. The van der Waals surface area contributed by atoms with Crippen molar-refractivity contribution in [3.8, 4) is 0 Å². The smallest absolute Gasteiger partial charge is 0.240 e. The molecule has 0 saturated carbocycles. The Bertz CT molecular complexity index is 860. The van der Waals surface area contributed by atoms with Gasteiger partial charge in [-0.15, -0.1) is 0 Å². The summed E-state index contributed by atoms with van der Waals surface area (Å²) in [6, 6.07) is 16.2. The predicted octanol–water partition coefficient (Wildman–Crippen LogP) is 3.00. The maximum Gasteiger partial charge on any atom is 0.240 e. The van der Waals surface area contributed by atoms with E-state index in [0.29, 0.717) is 12.1 Å². The Morgan fingerprint density at radius 2 is 1.77 bits per heavy atom. The second kappa shape index (κ2) is 8.12. The number of Topliss-reactive ketones (excluding diaryl/α,β-unsaturated/α-hetero) is 1. The van der Waals surface area contributed by atoms with Crippen LogP contribution in [0, 0.1) is 0 Å². The van der Waals surface area contributed by atoms with Gasteiger partial charge in [0.25, 0.3) is 0 Å². The predicted molar refractivity (Wildman–Crippen MR) is 102 cm³/mol. The molecule has 1 unspecified atom stereocenters. The van der Waals surface area contributed by atoms with Crippen LogP contribution in [0.4, 0.5) is 0 Å². The lowest BCUT2D eigenvalue weighted by atomic mass is 10.1. The zero-order chi connectivity index (χ0) is 18.6. The zero-order valence-electron chi connectivity index (χ0n) is 14.9. The summed E-state index contributed by atoms with van der Waals surface area (Å²) in [5.74, 6) is -0.152. The molecule has 3 rings (SSSR count). The first-order chi connectivity index (χ1) is 12.5. The van der Waals surface area contributed by atoms with Crippen LogP contribution in [0.5, 0.6) is 0 Å². The quantitative estimate of drug-likeness (QED) is 0.759. The molecule has 1 aliphatic rings. The van der Waals surface area contributed by atoms with Crippen LogP contribution in [0.3, 0.4) is 0 Å². The lowest BCUT2D eigenvalue weighted by Crippen LogP contribution is -2.36.